The van der Waals surface area contributed by atoms with E-state index in [-0.39, 0.29) is 0 Å². The van der Waals surface area contributed by atoms with Crippen molar-refractivity contribution in [2.24, 2.45) is 16.1 Å². The summed E-state index contributed by atoms with van der Waals surface area (Å²) in [4.78, 5) is 0. The van der Waals surface area contributed by atoms with Gasteiger partial charge in [0.2, 0.25) is 0 Å². The van der Waals surface area contributed by atoms with Crippen molar-refractivity contribution >= 4 is 11.9 Å². The summed E-state index contributed by atoms with van der Waals surface area (Å²) >= 11 is 0. The molecular formula is C28H30N2. The lowest BCUT2D eigenvalue weighted by atomic mass is 9.94. The van der Waals surface area contributed by atoms with Crippen molar-refractivity contribution in [2.45, 2.75) is 45.4 Å². The fraction of sp³-hybridized carbons (Fsp3) is 0.286. The highest BCUT2D eigenvalue weighted by atomic mass is 15.2. The van der Waals surface area contributed by atoms with Gasteiger partial charge in [-0.25, -0.2) is 0 Å². The summed E-state index contributed by atoms with van der Waals surface area (Å²) in [6.07, 6.45) is 9.39. The lowest BCUT2D eigenvalue weighted by Gasteiger charge is -2.11. The molecule has 0 saturated heterocycles. The van der Waals surface area contributed by atoms with Crippen molar-refractivity contribution < 1.29 is 0 Å². The van der Waals surface area contributed by atoms with Gasteiger partial charge in [-0.05, 0) is 29.5 Å². The van der Waals surface area contributed by atoms with Crippen LogP contribution in [0.3, 0.4) is 0 Å². The zero-order valence-electron chi connectivity index (χ0n) is 17.8. The van der Waals surface area contributed by atoms with Gasteiger partial charge in [-0.15, -0.1) is 0 Å². The van der Waals surface area contributed by atoms with Crippen LogP contribution in [-0.4, -0.2) is 11.9 Å². The summed E-state index contributed by atoms with van der Waals surface area (Å²) < 4.78 is 0. The molecule has 3 aromatic rings. The molecular weight excluding hydrogens is 364 g/mol. The monoisotopic (exact) mass is 394 g/mol. The van der Waals surface area contributed by atoms with Crippen molar-refractivity contribution in [2.75, 3.05) is 0 Å². The Kier molecular flexibility index (Phi) is 6.87. The Morgan fingerprint density at radius 2 is 1.30 bits per heavy atom. The van der Waals surface area contributed by atoms with E-state index in [0.717, 1.165) is 18.6 Å². The smallest absolute Gasteiger partial charge is 0.101 e. The van der Waals surface area contributed by atoms with Crippen molar-refractivity contribution in [3.8, 4) is 11.1 Å². The minimum absolute atomic E-state index is 0.417. The first-order valence-electron chi connectivity index (χ1n) is 11.2. The molecule has 1 aliphatic carbocycles. The summed E-state index contributed by atoms with van der Waals surface area (Å²) in [5.74, 6) is 0.417. The number of rotatable bonds is 9. The molecule has 0 radical (unpaired) electrons. The molecule has 0 unspecified atom stereocenters. The summed E-state index contributed by atoms with van der Waals surface area (Å²) in [7, 11) is 0. The highest BCUT2D eigenvalue weighted by Gasteiger charge is 2.23. The molecule has 0 bridgehead atoms. The van der Waals surface area contributed by atoms with E-state index in [1.54, 1.807) is 0 Å². The van der Waals surface area contributed by atoms with Gasteiger partial charge in [-0.1, -0.05) is 111 Å². The second kappa shape index (κ2) is 10.2. The lowest BCUT2D eigenvalue weighted by molar-refractivity contribution is 0.555. The topological polar surface area (TPSA) is 24.7 Å². The Morgan fingerprint density at radius 1 is 0.700 bits per heavy atom. The van der Waals surface area contributed by atoms with Gasteiger partial charge in [-0.3, -0.25) is 0 Å². The van der Waals surface area contributed by atoms with E-state index in [1.165, 1.54) is 53.5 Å². The minimum atomic E-state index is 0.417. The average molecular weight is 395 g/mol. The second-order valence-corrected chi connectivity index (χ2v) is 8.10. The molecule has 30 heavy (non-hydrogen) atoms. The Balaban J connectivity index is 1.55. The number of nitrogens with zero attached hydrogens (tertiary/aromatic N) is 2. The molecule has 0 amide bonds. The molecule has 2 heteroatoms. The highest BCUT2D eigenvalue weighted by Crippen LogP contribution is 2.36. The molecule has 0 N–H and O–H groups in total. The molecule has 152 valence electrons. The predicted octanol–water partition coefficient (Wildman–Crippen LogP) is 7.32. The van der Waals surface area contributed by atoms with Crippen molar-refractivity contribution in [3.05, 3.63) is 95.6 Å². The molecule has 2 nitrogen and oxygen atoms in total. The summed E-state index contributed by atoms with van der Waals surface area (Å²) in [6, 6.07) is 27.7. The largest absolute Gasteiger partial charge is 0.163 e. The van der Waals surface area contributed by atoms with Crippen LogP contribution < -0.4 is 0 Å². The van der Waals surface area contributed by atoms with Crippen LogP contribution in [0.5, 0.6) is 0 Å². The third kappa shape index (κ3) is 4.76. The maximum atomic E-state index is 4.72. The fourth-order valence-electron chi connectivity index (χ4n) is 4.27. The highest BCUT2D eigenvalue weighted by molar-refractivity contribution is 6.24. The number of benzene rings is 3. The van der Waals surface area contributed by atoms with Crippen LogP contribution in [0, 0.1) is 5.92 Å². The molecule has 0 spiro atoms. The quantitative estimate of drug-likeness (QED) is 0.161. The SMILES string of the molecule is CCCCCC[C@@H](/C=N/N=C1c2ccccc2-c2ccccc21)Cc1ccccc1. The summed E-state index contributed by atoms with van der Waals surface area (Å²) in [6.45, 7) is 2.26. The first-order chi connectivity index (χ1) is 14.9. The van der Waals surface area contributed by atoms with Crippen LogP contribution in [0.1, 0.15) is 55.7 Å². The van der Waals surface area contributed by atoms with E-state index in [2.05, 4.69) is 97.1 Å². The summed E-state index contributed by atoms with van der Waals surface area (Å²) in [5.41, 5.74) is 7.22. The van der Waals surface area contributed by atoms with Gasteiger partial charge in [0.1, 0.15) is 5.71 Å². The van der Waals surface area contributed by atoms with Gasteiger partial charge in [0.15, 0.2) is 0 Å². The Labute approximate surface area is 180 Å². The van der Waals surface area contributed by atoms with Gasteiger partial charge in [0.25, 0.3) is 0 Å². The predicted molar refractivity (Wildman–Crippen MR) is 128 cm³/mol. The zero-order valence-corrected chi connectivity index (χ0v) is 17.8. The van der Waals surface area contributed by atoms with Gasteiger partial charge in [0.05, 0.1) is 0 Å². The third-order valence-electron chi connectivity index (χ3n) is 5.86. The first kappa shape index (κ1) is 20.3. The number of fused-ring (bicyclic) bond motifs is 3. The van der Waals surface area contributed by atoms with E-state index >= 15 is 0 Å². The van der Waals surface area contributed by atoms with E-state index in [9.17, 15) is 0 Å². The van der Waals surface area contributed by atoms with Crippen LogP contribution >= 0.6 is 0 Å². The fourth-order valence-corrected chi connectivity index (χ4v) is 4.27. The molecule has 0 fully saturated rings. The van der Waals surface area contributed by atoms with Crippen LogP contribution in [-0.2, 0) is 6.42 Å². The molecule has 0 saturated carbocycles. The third-order valence-corrected chi connectivity index (χ3v) is 5.86. The van der Waals surface area contributed by atoms with Crippen molar-refractivity contribution in [1.29, 1.82) is 0 Å². The Bertz CT molecular complexity index is 970. The number of hydrogen-bond donors (Lipinski definition) is 0. The van der Waals surface area contributed by atoms with E-state index in [4.69, 9.17) is 5.10 Å². The molecule has 0 heterocycles. The maximum absolute atomic E-state index is 4.72. The van der Waals surface area contributed by atoms with Crippen molar-refractivity contribution in [3.63, 3.8) is 0 Å². The van der Waals surface area contributed by atoms with Crippen LogP contribution in [0.2, 0.25) is 0 Å². The van der Waals surface area contributed by atoms with Gasteiger partial charge < -0.3 is 0 Å². The Morgan fingerprint density at radius 3 is 1.93 bits per heavy atom. The second-order valence-electron chi connectivity index (χ2n) is 8.10. The average Bonchev–Trinajstić information content (AvgIpc) is 3.11. The molecule has 1 atom stereocenters. The zero-order chi connectivity index (χ0) is 20.6. The standard InChI is InChI=1S/C28H30N2/c1-2-3-4-6-15-23(20-22-13-7-5-8-14-22)21-29-30-28-26-18-11-9-16-24(26)25-17-10-12-19-27(25)28/h5,7-14,16-19,21,23H,2-4,6,15,20H2,1H3/b29-21+/t23-/m1/s1. The van der Waals surface area contributed by atoms with Crippen LogP contribution in [0.15, 0.2) is 89.1 Å². The Hall–Kier alpha value is -3.00. The number of hydrogen-bond acceptors (Lipinski definition) is 2. The van der Waals surface area contributed by atoms with Gasteiger partial charge in [-0.2, -0.15) is 10.2 Å². The van der Waals surface area contributed by atoms with Gasteiger partial charge >= 0.3 is 0 Å². The maximum Gasteiger partial charge on any atom is 0.101 e. The van der Waals surface area contributed by atoms with Gasteiger partial charge in [0, 0.05) is 23.3 Å². The molecule has 0 aliphatic heterocycles. The van der Waals surface area contributed by atoms with E-state index < -0.39 is 0 Å². The first-order valence-corrected chi connectivity index (χ1v) is 11.2. The molecule has 0 aromatic heterocycles. The lowest BCUT2D eigenvalue weighted by Crippen LogP contribution is -2.07. The molecule has 4 rings (SSSR count). The normalized spacial score (nSPS) is 13.3. The summed E-state index contributed by atoms with van der Waals surface area (Å²) in [5, 5.41) is 9.33. The van der Waals surface area contributed by atoms with E-state index in [0.29, 0.717) is 5.92 Å². The minimum Gasteiger partial charge on any atom is -0.163 e. The molecule has 3 aromatic carbocycles. The number of unbranched alkanes of at least 4 members (excludes halogenated alkanes) is 3. The van der Waals surface area contributed by atoms with Crippen LogP contribution in [0.4, 0.5) is 0 Å². The van der Waals surface area contributed by atoms with Crippen LogP contribution in [0.25, 0.3) is 11.1 Å². The van der Waals surface area contributed by atoms with Crippen molar-refractivity contribution in [1.82, 2.24) is 0 Å². The molecule has 1 aliphatic rings. The van der Waals surface area contributed by atoms with E-state index in [1.807, 2.05) is 0 Å².